The van der Waals surface area contributed by atoms with Crippen molar-refractivity contribution in [1.29, 1.82) is 0 Å². The Hall–Kier alpha value is -0.950. The summed E-state index contributed by atoms with van der Waals surface area (Å²) in [6.45, 7) is 2.07. The van der Waals surface area contributed by atoms with Gasteiger partial charge in [0.1, 0.15) is 6.10 Å². The minimum Gasteiger partial charge on any atom is -0.479 e. The van der Waals surface area contributed by atoms with Gasteiger partial charge in [0.2, 0.25) is 5.91 Å². The summed E-state index contributed by atoms with van der Waals surface area (Å²) in [5.74, 6) is -1.37. The van der Waals surface area contributed by atoms with Gasteiger partial charge in [-0.2, -0.15) is 0 Å². The summed E-state index contributed by atoms with van der Waals surface area (Å²) in [6.07, 6.45) is 0.746. The Balaban J connectivity index is 2.35. The fourth-order valence-electron chi connectivity index (χ4n) is 1.49. The van der Waals surface area contributed by atoms with Gasteiger partial charge >= 0.3 is 5.97 Å². The van der Waals surface area contributed by atoms with Gasteiger partial charge < -0.3 is 15.2 Å². The van der Waals surface area contributed by atoms with Crippen LogP contribution in [0.1, 0.15) is 19.8 Å². The lowest BCUT2D eigenvalue weighted by Crippen LogP contribution is -2.39. The molecule has 1 rings (SSSR count). The molecule has 0 aromatic carbocycles. The van der Waals surface area contributed by atoms with E-state index in [1.807, 2.05) is 0 Å². The number of amides is 1. The van der Waals surface area contributed by atoms with Gasteiger partial charge in [-0.15, -0.1) is 0 Å². The Morgan fingerprint density at radius 1 is 1.47 bits per heavy atom. The van der Waals surface area contributed by atoms with Crippen LogP contribution in [0.25, 0.3) is 0 Å². The first-order chi connectivity index (χ1) is 7.91. The summed E-state index contributed by atoms with van der Waals surface area (Å²) in [5, 5.41) is 11.2. The topological polar surface area (TPSA) is 92.7 Å². The smallest absolute Gasteiger partial charge is 0.332 e. The van der Waals surface area contributed by atoms with E-state index in [-0.39, 0.29) is 11.2 Å². The molecule has 6 nitrogen and oxygen atoms in total. The minimum atomic E-state index is -1.04. The lowest BCUT2D eigenvalue weighted by Gasteiger charge is -2.14. The molecule has 0 saturated carbocycles. The van der Waals surface area contributed by atoms with Crippen LogP contribution in [0.3, 0.4) is 0 Å². The molecule has 1 heterocycles. The zero-order valence-corrected chi connectivity index (χ0v) is 10.7. The highest BCUT2D eigenvalue weighted by molar-refractivity contribution is 7.84. The summed E-state index contributed by atoms with van der Waals surface area (Å²) < 4.78 is 16.2. The molecule has 4 atom stereocenters. The van der Waals surface area contributed by atoms with E-state index < -0.39 is 29.0 Å². The molecule has 0 aromatic rings. The zero-order chi connectivity index (χ0) is 13.0. The molecule has 1 amide bonds. The lowest BCUT2D eigenvalue weighted by atomic mass is 10.2. The Bertz CT molecular complexity index is 333. The van der Waals surface area contributed by atoms with E-state index in [1.165, 1.54) is 0 Å². The Kier molecular flexibility index (Phi) is 5.07. The highest BCUT2D eigenvalue weighted by atomic mass is 32.2. The lowest BCUT2D eigenvalue weighted by molar-refractivity contribution is -0.151. The fraction of sp³-hybridized carbons (Fsp3) is 0.800. The molecule has 2 N–H and O–H groups in total. The van der Waals surface area contributed by atoms with Crippen LogP contribution in [0.5, 0.6) is 0 Å². The van der Waals surface area contributed by atoms with E-state index in [2.05, 4.69) is 5.32 Å². The van der Waals surface area contributed by atoms with Crippen LogP contribution in [0.4, 0.5) is 0 Å². The van der Waals surface area contributed by atoms with E-state index in [0.717, 1.165) is 0 Å². The minimum absolute atomic E-state index is 0.129. The second kappa shape index (κ2) is 6.11. The van der Waals surface area contributed by atoms with Crippen LogP contribution in [-0.4, -0.2) is 51.5 Å². The van der Waals surface area contributed by atoms with E-state index in [4.69, 9.17) is 9.84 Å². The first kappa shape index (κ1) is 14.1. The molecule has 98 valence electrons. The summed E-state index contributed by atoms with van der Waals surface area (Å²) in [6, 6.07) is 0. The number of carboxylic acids is 1. The molecule has 1 saturated heterocycles. The van der Waals surface area contributed by atoms with Crippen molar-refractivity contribution in [3.8, 4) is 0 Å². The molecule has 0 aliphatic carbocycles. The van der Waals surface area contributed by atoms with Gasteiger partial charge in [-0.3, -0.25) is 9.00 Å². The van der Waals surface area contributed by atoms with E-state index in [0.29, 0.717) is 19.4 Å². The second-order valence-electron chi connectivity index (χ2n) is 4.08. The number of rotatable bonds is 5. The maximum absolute atomic E-state index is 11.6. The second-order valence-corrected chi connectivity index (χ2v) is 5.89. The third-order valence-corrected chi connectivity index (χ3v) is 4.02. The van der Waals surface area contributed by atoms with E-state index in [9.17, 15) is 13.8 Å². The van der Waals surface area contributed by atoms with Crippen LogP contribution in [-0.2, 0) is 25.1 Å². The monoisotopic (exact) mass is 263 g/mol. The van der Waals surface area contributed by atoms with Gasteiger partial charge in [0, 0.05) is 28.9 Å². The molecule has 0 radical (unpaired) electrons. The SMILES string of the molecule is CC(CNC(=O)C1CCC(C(=O)O)O1)S(C)=O. The maximum Gasteiger partial charge on any atom is 0.332 e. The molecule has 1 fully saturated rings. The number of aliphatic carboxylic acids is 1. The van der Waals surface area contributed by atoms with Crippen molar-refractivity contribution in [3.05, 3.63) is 0 Å². The highest BCUT2D eigenvalue weighted by Crippen LogP contribution is 2.19. The van der Waals surface area contributed by atoms with Gasteiger partial charge in [-0.1, -0.05) is 0 Å². The van der Waals surface area contributed by atoms with Gasteiger partial charge in [0.15, 0.2) is 6.10 Å². The van der Waals surface area contributed by atoms with Crippen molar-refractivity contribution in [2.75, 3.05) is 12.8 Å². The van der Waals surface area contributed by atoms with Crippen LogP contribution in [0, 0.1) is 0 Å². The summed E-state index contributed by atoms with van der Waals surface area (Å²) in [4.78, 5) is 22.2. The van der Waals surface area contributed by atoms with Crippen molar-refractivity contribution >= 4 is 22.7 Å². The van der Waals surface area contributed by atoms with Crippen molar-refractivity contribution in [2.45, 2.75) is 37.2 Å². The number of hydrogen-bond donors (Lipinski definition) is 2. The van der Waals surface area contributed by atoms with Gasteiger partial charge in [0.05, 0.1) is 0 Å². The molecular formula is C10H17NO5S. The predicted molar refractivity (Wildman–Crippen MR) is 62.1 cm³/mol. The largest absolute Gasteiger partial charge is 0.479 e. The van der Waals surface area contributed by atoms with Gasteiger partial charge in [0.25, 0.3) is 0 Å². The average Bonchev–Trinajstić information content (AvgIpc) is 2.74. The van der Waals surface area contributed by atoms with Gasteiger partial charge in [-0.25, -0.2) is 4.79 Å². The highest BCUT2D eigenvalue weighted by Gasteiger charge is 2.34. The van der Waals surface area contributed by atoms with Crippen molar-refractivity contribution < 1.29 is 23.6 Å². The first-order valence-corrected chi connectivity index (χ1v) is 7.02. The van der Waals surface area contributed by atoms with Crippen LogP contribution >= 0.6 is 0 Å². The standard InChI is InChI=1S/C10H17NO5S/c1-6(17(2)15)5-11-9(12)7-3-4-8(16-7)10(13)14/h6-8H,3-5H2,1-2H3,(H,11,12)(H,13,14). The van der Waals surface area contributed by atoms with Crippen LogP contribution < -0.4 is 5.32 Å². The maximum atomic E-state index is 11.6. The molecule has 4 unspecified atom stereocenters. The summed E-state index contributed by atoms with van der Waals surface area (Å²) in [7, 11) is -0.992. The molecule has 1 aliphatic heterocycles. The van der Waals surface area contributed by atoms with Crippen LogP contribution in [0.2, 0.25) is 0 Å². The molecular weight excluding hydrogens is 246 g/mol. The normalized spacial score (nSPS) is 27.4. The number of hydrogen-bond acceptors (Lipinski definition) is 4. The number of carbonyl (C=O) groups is 2. The summed E-state index contributed by atoms with van der Waals surface area (Å²) >= 11 is 0. The first-order valence-electron chi connectivity index (χ1n) is 5.40. The summed E-state index contributed by atoms with van der Waals surface area (Å²) in [5.41, 5.74) is 0. The van der Waals surface area contributed by atoms with Crippen LogP contribution in [0.15, 0.2) is 0 Å². The van der Waals surface area contributed by atoms with Crippen molar-refractivity contribution in [1.82, 2.24) is 5.32 Å². The van der Waals surface area contributed by atoms with E-state index in [1.54, 1.807) is 13.2 Å². The average molecular weight is 263 g/mol. The quantitative estimate of drug-likeness (QED) is 0.697. The van der Waals surface area contributed by atoms with E-state index >= 15 is 0 Å². The van der Waals surface area contributed by atoms with Crippen molar-refractivity contribution in [2.24, 2.45) is 0 Å². The Morgan fingerprint density at radius 3 is 2.53 bits per heavy atom. The molecule has 7 heteroatoms. The fourth-order valence-corrected chi connectivity index (χ4v) is 1.81. The molecule has 0 spiro atoms. The molecule has 1 aliphatic rings. The zero-order valence-electron chi connectivity index (χ0n) is 9.84. The molecule has 0 bridgehead atoms. The Morgan fingerprint density at radius 2 is 2.06 bits per heavy atom. The Labute approximate surface area is 102 Å². The number of carbonyl (C=O) groups excluding carboxylic acids is 1. The molecule has 0 aromatic heterocycles. The van der Waals surface area contributed by atoms with Gasteiger partial charge in [-0.05, 0) is 19.8 Å². The number of nitrogens with one attached hydrogen (secondary N) is 1. The number of carboxylic acid groups (broad SMARTS) is 1. The number of ether oxygens (including phenoxy) is 1. The third-order valence-electron chi connectivity index (χ3n) is 2.72. The predicted octanol–water partition coefficient (Wildman–Crippen LogP) is -0.498. The van der Waals surface area contributed by atoms with Crippen molar-refractivity contribution in [3.63, 3.8) is 0 Å². The third kappa shape index (κ3) is 4.08. The molecule has 17 heavy (non-hydrogen) atoms.